The number of aromatic nitrogens is 4. The largest absolute Gasteiger partial charge is 0.465 e. The van der Waals surface area contributed by atoms with Crippen LogP contribution in [0, 0.1) is 5.92 Å². The fraction of sp³-hybridized carbons (Fsp3) is 0.650. The van der Waals surface area contributed by atoms with Gasteiger partial charge in [-0.3, -0.25) is 9.59 Å². The molecule has 0 saturated carbocycles. The Morgan fingerprint density at radius 2 is 1.77 bits per heavy atom. The van der Waals surface area contributed by atoms with Crippen LogP contribution in [0.2, 0.25) is 0 Å². The minimum Gasteiger partial charge on any atom is -0.465 e. The first kappa shape index (κ1) is 24.0. The summed E-state index contributed by atoms with van der Waals surface area (Å²) in [5, 5.41) is 1.03. The van der Waals surface area contributed by atoms with Crippen molar-refractivity contribution in [2.75, 3.05) is 24.3 Å². The molecule has 0 fully saturated rings. The van der Waals surface area contributed by atoms with E-state index in [1.54, 1.807) is 6.33 Å². The lowest BCUT2D eigenvalue weighted by atomic mass is 10.1. The number of carbonyl (C=O) groups excluding carboxylic acids is 2. The predicted molar refractivity (Wildman–Crippen MR) is 117 cm³/mol. The maximum Gasteiger partial charge on any atom is 0.302 e. The molecule has 166 valence electrons. The second-order valence-electron chi connectivity index (χ2n) is 7.25. The Balaban J connectivity index is 2.05. The van der Waals surface area contributed by atoms with E-state index in [1.807, 2.05) is 4.57 Å². The van der Waals surface area contributed by atoms with Gasteiger partial charge in [-0.25, -0.2) is 9.97 Å². The summed E-state index contributed by atoms with van der Waals surface area (Å²) in [6.45, 7) is 3.66. The number of halogens is 1. The Morgan fingerprint density at radius 1 is 1.10 bits per heavy atom. The summed E-state index contributed by atoms with van der Waals surface area (Å²) in [5.74, 6) is -0.617. The molecule has 0 radical (unpaired) electrons. The van der Waals surface area contributed by atoms with Crippen molar-refractivity contribution in [3.63, 3.8) is 0 Å². The smallest absolute Gasteiger partial charge is 0.302 e. The van der Waals surface area contributed by atoms with Gasteiger partial charge >= 0.3 is 11.9 Å². The molecule has 0 aliphatic rings. The van der Waals surface area contributed by atoms with Gasteiger partial charge in [0.2, 0.25) is 5.95 Å². The van der Waals surface area contributed by atoms with Crippen LogP contribution < -0.4 is 5.73 Å². The zero-order valence-corrected chi connectivity index (χ0v) is 19.2. The first-order chi connectivity index (χ1) is 14.4. The monoisotopic (exact) mass is 483 g/mol. The summed E-state index contributed by atoms with van der Waals surface area (Å²) in [6.07, 6.45) is 7.65. The van der Waals surface area contributed by atoms with Gasteiger partial charge in [0.25, 0.3) is 0 Å². The van der Waals surface area contributed by atoms with Gasteiger partial charge in [0.1, 0.15) is 5.52 Å². The van der Waals surface area contributed by atoms with Crippen LogP contribution in [0.15, 0.2) is 6.33 Å². The van der Waals surface area contributed by atoms with Crippen LogP contribution in [0.5, 0.6) is 0 Å². The molecular formula is C20H30BrN5O4. The van der Waals surface area contributed by atoms with Gasteiger partial charge < -0.3 is 19.8 Å². The predicted octanol–water partition coefficient (Wildman–Crippen LogP) is 3.04. The molecule has 2 aromatic rings. The average Bonchev–Trinajstić information content (AvgIpc) is 3.09. The first-order valence-electron chi connectivity index (χ1n) is 10.2. The molecule has 0 aliphatic carbocycles. The highest BCUT2D eigenvalue weighted by molar-refractivity contribution is 9.09. The Kier molecular flexibility index (Phi) is 9.99. The average molecular weight is 484 g/mol. The van der Waals surface area contributed by atoms with E-state index < -0.39 is 0 Å². The Hall–Kier alpha value is -2.23. The standard InChI is InChI=1S/C20H30BrN5O4/c1-14(27)29-11-16(12-30-15(2)28)8-10-26-13-23-18-17(7-5-3-4-6-9-21)24-20(22)25-19(18)26/h13,16H,3-12H2,1-2H3,(H2,22,24,25). The minimum atomic E-state index is -0.364. The lowest BCUT2D eigenvalue weighted by Crippen LogP contribution is -2.21. The second kappa shape index (κ2) is 12.5. The van der Waals surface area contributed by atoms with Gasteiger partial charge in [0, 0.05) is 31.6 Å². The molecule has 0 aromatic carbocycles. The van der Waals surface area contributed by atoms with Crippen LogP contribution >= 0.6 is 15.9 Å². The number of carbonyl (C=O) groups is 2. The zero-order chi connectivity index (χ0) is 21.9. The van der Waals surface area contributed by atoms with Gasteiger partial charge in [-0.2, -0.15) is 4.98 Å². The van der Waals surface area contributed by atoms with Crippen LogP contribution in [-0.2, 0) is 32.0 Å². The van der Waals surface area contributed by atoms with E-state index in [0.29, 0.717) is 18.6 Å². The van der Waals surface area contributed by atoms with E-state index in [2.05, 4.69) is 30.9 Å². The van der Waals surface area contributed by atoms with Crippen LogP contribution in [0.25, 0.3) is 11.2 Å². The molecule has 2 N–H and O–H groups in total. The highest BCUT2D eigenvalue weighted by Gasteiger charge is 2.16. The summed E-state index contributed by atoms with van der Waals surface area (Å²) in [5.41, 5.74) is 8.26. The molecule has 0 spiro atoms. The van der Waals surface area contributed by atoms with Crippen molar-refractivity contribution < 1.29 is 19.1 Å². The molecular weight excluding hydrogens is 454 g/mol. The van der Waals surface area contributed by atoms with Crippen molar-refractivity contribution in [1.82, 2.24) is 19.5 Å². The van der Waals surface area contributed by atoms with Crippen molar-refractivity contribution in [2.24, 2.45) is 5.92 Å². The normalized spacial score (nSPS) is 11.2. The third-order valence-corrected chi connectivity index (χ3v) is 5.23. The van der Waals surface area contributed by atoms with E-state index in [9.17, 15) is 9.59 Å². The number of unbranched alkanes of at least 4 members (excludes halogenated alkanes) is 3. The number of aryl methyl sites for hydroxylation is 2. The molecule has 0 bridgehead atoms. The number of nitrogen functional groups attached to an aromatic ring is 1. The molecule has 30 heavy (non-hydrogen) atoms. The number of rotatable bonds is 13. The summed E-state index contributed by atoms with van der Waals surface area (Å²) in [6, 6.07) is 0. The van der Waals surface area contributed by atoms with Crippen LogP contribution in [0.4, 0.5) is 5.95 Å². The van der Waals surface area contributed by atoms with Gasteiger partial charge in [-0.15, -0.1) is 0 Å². The van der Waals surface area contributed by atoms with Crippen molar-refractivity contribution >= 4 is 45.0 Å². The SMILES string of the molecule is CC(=O)OCC(CCn1cnc2c(CCCCCCBr)nc(N)nc21)COC(C)=O. The van der Waals surface area contributed by atoms with E-state index in [0.717, 1.165) is 42.2 Å². The molecule has 0 unspecified atom stereocenters. The molecule has 10 heteroatoms. The second-order valence-corrected chi connectivity index (χ2v) is 8.04. The van der Waals surface area contributed by atoms with E-state index >= 15 is 0 Å². The number of esters is 2. The zero-order valence-electron chi connectivity index (χ0n) is 17.6. The molecule has 0 saturated heterocycles. The summed E-state index contributed by atoms with van der Waals surface area (Å²) in [4.78, 5) is 35.5. The maximum absolute atomic E-state index is 11.1. The van der Waals surface area contributed by atoms with Crippen LogP contribution in [-0.4, -0.2) is 50.0 Å². The van der Waals surface area contributed by atoms with Gasteiger partial charge in [0.15, 0.2) is 5.65 Å². The number of nitrogens with zero attached hydrogens (tertiary/aromatic N) is 4. The number of anilines is 1. The molecule has 2 aromatic heterocycles. The third kappa shape index (κ3) is 7.89. The van der Waals surface area contributed by atoms with E-state index in [-0.39, 0.29) is 37.0 Å². The highest BCUT2D eigenvalue weighted by atomic mass is 79.9. The minimum absolute atomic E-state index is 0.122. The van der Waals surface area contributed by atoms with Gasteiger partial charge in [-0.05, 0) is 25.7 Å². The molecule has 9 nitrogen and oxygen atoms in total. The fourth-order valence-corrected chi connectivity index (χ4v) is 3.50. The lowest BCUT2D eigenvalue weighted by molar-refractivity contribution is -0.146. The number of imidazole rings is 1. The van der Waals surface area contributed by atoms with Crippen LogP contribution in [0.3, 0.4) is 0 Å². The molecule has 2 heterocycles. The number of nitrogens with two attached hydrogens (primary N) is 1. The number of ether oxygens (including phenoxy) is 2. The van der Waals surface area contributed by atoms with Crippen LogP contribution in [0.1, 0.15) is 51.6 Å². The maximum atomic E-state index is 11.1. The van der Waals surface area contributed by atoms with E-state index in [1.165, 1.54) is 20.3 Å². The van der Waals surface area contributed by atoms with E-state index in [4.69, 9.17) is 15.2 Å². The Morgan fingerprint density at radius 3 is 2.40 bits per heavy atom. The molecule has 2 rings (SSSR count). The van der Waals surface area contributed by atoms with Crippen molar-refractivity contribution in [3.05, 3.63) is 12.0 Å². The van der Waals surface area contributed by atoms with Gasteiger partial charge in [-0.1, -0.05) is 28.8 Å². The quantitative estimate of drug-likeness (QED) is 0.262. The molecule has 0 atom stereocenters. The molecule has 0 aliphatic heterocycles. The molecule has 0 amide bonds. The van der Waals surface area contributed by atoms with Crippen molar-refractivity contribution in [2.45, 2.75) is 58.9 Å². The Labute approximate surface area is 184 Å². The fourth-order valence-electron chi connectivity index (χ4n) is 3.11. The van der Waals surface area contributed by atoms with Crippen molar-refractivity contribution in [1.29, 1.82) is 0 Å². The lowest BCUT2D eigenvalue weighted by Gasteiger charge is -2.16. The third-order valence-electron chi connectivity index (χ3n) is 4.67. The number of hydrogen-bond donors (Lipinski definition) is 1. The Bertz CT molecular complexity index is 824. The summed E-state index contributed by atoms with van der Waals surface area (Å²) >= 11 is 3.45. The topological polar surface area (TPSA) is 122 Å². The number of fused-ring (bicyclic) bond motifs is 1. The van der Waals surface area contributed by atoms with Crippen molar-refractivity contribution in [3.8, 4) is 0 Å². The summed E-state index contributed by atoms with van der Waals surface area (Å²) < 4.78 is 12.1. The number of alkyl halides is 1. The van der Waals surface area contributed by atoms with Gasteiger partial charge in [0.05, 0.1) is 25.2 Å². The first-order valence-corrected chi connectivity index (χ1v) is 11.3. The summed E-state index contributed by atoms with van der Waals surface area (Å²) in [7, 11) is 0. The number of hydrogen-bond acceptors (Lipinski definition) is 8. The highest BCUT2D eigenvalue weighted by Crippen LogP contribution is 2.19.